The maximum atomic E-state index is 12.5. The van der Waals surface area contributed by atoms with Crippen LogP contribution in [0.1, 0.15) is 32.6 Å². The van der Waals surface area contributed by atoms with Crippen molar-refractivity contribution in [3.8, 4) is 6.07 Å². The van der Waals surface area contributed by atoms with Crippen molar-refractivity contribution in [1.82, 2.24) is 15.1 Å². The molecule has 0 aromatic rings. The fourth-order valence-corrected chi connectivity index (χ4v) is 3.23. The van der Waals surface area contributed by atoms with Crippen LogP contribution in [0.15, 0.2) is 0 Å². The first kappa shape index (κ1) is 15.8. The predicted molar refractivity (Wildman–Crippen MR) is 78.2 cm³/mol. The second kappa shape index (κ2) is 6.44. The average molecular weight is 292 g/mol. The molecule has 6 heteroatoms. The summed E-state index contributed by atoms with van der Waals surface area (Å²) in [6.07, 6.45) is 2.81. The highest BCUT2D eigenvalue weighted by molar-refractivity contribution is 5.83. The third-order valence-electron chi connectivity index (χ3n) is 4.63. The van der Waals surface area contributed by atoms with Crippen LogP contribution in [-0.4, -0.2) is 60.4 Å². The standard InChI is InChI=1S/C15H24N4O2/c1-10-11(8-14(20)18(2)3)7-13(17-10)15(21)19-6-4-5-12(19)9-16/h10-13,17H,4-8H2,1-3H3/t10-,11+,12-,13-/m0/s1. The van der Waals surface area contributed by atoms with E-state index < -0.39 is 0 Å². The molecule has 4 atom stereocenters. The van der Waals surface area contributed by atoms with E-state index in [9.17, 15) is 9.59 Å². The van der Waals surface area contributed by atoms with Crippen LogP contribution in [0.3, 0.4) is 0 Å². The van der Waals surface area contributed by atoms with Gasteiger partial charge >= 0.3 is 0 Å². The topological polar surface area (TPSA) is 76.4 Å². The van der Waals surface area contributed by atoms with Gasteiger partial charge in [0.05, 0.1) is 12.1 Å². The van der Waals surface area contributed by atoms with Crippen molar-refractivity contribution < 1.29 is 9.59 Å². The second-order valence-electron chi connectivity index (χ2n) is 6.31. The monoisotopic (exact) mass is 292 g/mol. The number of carbonyl (C=O) groups excluding carboxylic acids is 2. The minimum atomic E-state index is -0.280. The Morgan fingerprint density at radius 1 is 1.43 bits per heavy atom. The lowest BCUT2D eigenvalue weighted by molar-refractivity contribution is -0.133. The molecule has 0 aromatic heterocycles. The van der Waals surface area contributed by atoms with Crippen LogP contribution < -0.4 is 5.32 Å². The van der Waals surface area contributed by atoms with Gasteiger partial charge in [0.2, 0.25) is 11.8 Å². The van der Waals surface area contributed by atoms with E-state index in [1.807, 2.05) is 6.92 Å². The molecule has 6 nitrogen and oxygen atoms in total. The van der Waals surface area contributed by atoms with Gasteiger partial charge in [-0.1, -0.05) is 0 Å². The highest BCUT2D eigenvalue weighted by Gasteiger charge is 2.40. The molecule has 0 bridgehead atoms. The van der Waals surface area contributed by atoms with Crippen molar-refractivity contribution >= 4 is 11.8 Å². The lowest BCUT2D eigenvalue weighted by Crippen LogP contribution is -2.46. The molecule has 2 saturated heterocycles. The first-order chi connectivity index (χ1) is 9.93. The lowest BCUT2D eigenvalue weighted by atomic mass is 9.95. The van der Waals surface area contributed by atoms with Crippen molar-refractivity contribution in [2.24, 2.45) is 5.92 Å². The van der Waals surface area contributed by atoms with Crippen LogP contribution in [0.4, 0.5) is 0 Å². The molecule has 1 N–H and O–H groups in total. The van der Waals surface area contributed by atoms with E-state index >= 15 is 0 Å². The molecule has 0 aliphatic carbocycles. The van der Waals surface area contributed by atoms with Gasteiger partial charge in [-0.15, -0.1) is 0 Å². The fourth-order valence-electron chi connectivity index (χ4n) is 3.23. The zero-order valence-corrected chi connectivity index (χ0v) is 13.0. The third kappa shape index (κ3) is 3.35. The number of rotatable bonds is 3. The minimum absolute atomic E-state index is 0.0192. The molecular weight excluding hydrogens is 268 g/mol. The number of amides is 2. The van der Waals surface area contributed by atoms with Gasteiger partial charge in [-0.2, -0.15) is 5.26 Å². The van der Waals surface area contributed by atoms with Gasteiger partial charge in [0.15, 0.2) is 0 Å². The number of nitriles is 1. The van der Waals surface area contributed by atoms with Crippen LogP contribution in [0.2, 0.25) is 0 Å². The summed E-state index contributed by atoms with van der Waals surface area (Å²) in [5.41, 5.74) is 0. The summed E-state index contributed by atoms with van der Waals surface area (Å²) < 4.78 is 0. The number of hydrogen-bond donors (Lipinski definition) is 1. The van der Waals surface area contributed by atoms with E-state index in [0.29, 0.717) is 19.4 Å². The zero-order chi connectivity index (χ0) is 15.6. The Labute approximate surface area is 126 Å². The maximum absolute atomic E-state index is 12.5. The Morgan fingerprint density at radius 2 is 2.14 bits per heavy atom. The molecule has 2 aliphatic rings. The van der Waals surface area contributed by atoms with Gasteiger partial charge < -0.3 is 15.1 Å². The summed E-state index contributed by atoms with van der Waals surface area (Å²) in [4.78, 5) is 27.7. The van der Waals surface area contributed by atoms with Crippen molar-refractivity contribution in [3.05, 3.63) is 0 Å². The number of carbonyl (C=O) groups is 2. The molecule has 2 fully saturated rings. The number of nitrogens with zero attached hydrogens (tertiary/aromatic N) is 3. The maximum Gasteiger partial charge on any atom is 0.240 e. The summed E-state index contributed by atoms with van der Waals surface area (Å²) in [5, 5.41) is 12.4. The molecule has 0 aromatic carbocycles. The molecule has 116 valence electrons. The fraction of sp³-hybridized carbons (Fsp3) is 0.800. The van der Waals surface area contributed by atoms with Crippen molar-refractivity contribution in [2.75, 3.05) is 20.6 Å². The minimum Gasteiger partial charge on any atom is -0.349 e. The Balaban J connectivity index is 1.96. The lowest BCUT2D eigenvalue weighted by Gasteiger charge is -2.23. The summed E-state index contributed by atoms with van der Waals surface area (Å²) in [6, 6.07) is 1.81. The van der Waals surface area contributed by atoms with Gasteiger partial charge in [0.1, 0.15) is 6.04 Å². The number of nitrogens with one attached hydrogen (secondary N) is 1. The second-order valence-corrected chi connectivity index (χ2v) is 6.31. The van der Waals surface area contributed by atoms with E-state index in [0.717, 1.165) is 12.8 Å². The molecule has 0 unspecified atom stereocenters. The highest BCUT2D eigenvalue weighted by Crippen LogP contribution is 2.27. The smallest absolute Gasteiger partial charge is 0.240 e. The van der Waals surface area contributed by atoms with E-state index in [4.69, 9.17) is 5.26 Å². The van der Waals surface area contributed by atoms with E-state index in [2.05, 4.69) is 11.4 Å². The molecule has 0 radical (unpaired) electrons. The zero-order valence-electron chi connectivity index (χ0n) is 13.0. The van der Waals surface area contributed by atoms with Crippen LogP contribution in [0.5, 0.6) is 0 Å². The molecule has 21 heavy (non-hydrogen) atoms. The van der Waals surface area contributed by atoms with Crippen LogP contribution >= 0.6 is 0 Å². The Bertz CT molecular complexity index is 457. The largest absolute Gasteiger partial charge is 0.349 e. The molecule has 0 spiro atoms. The number of hydrogen-bond acceptors (Lipinski definition) is 4. The molecule has 2 rings (SSSR count). The van der Waals surface area contributed by atoms with Crippen molar-refractivity contribution in [2.45, 2.75) is 50.7 Å². The van der Waals surface area contributed by atoms with Gasteiger partial charge in [-0.25, -0.2) is 0 Å². The number of likely N-dealkylation sites (tertiary alicyclic amines) is 1. The molecule has 2 aliphatic heterocycles. The van der Waals surface area contributed by atoms with Crippen LogP contribution in [-0.2, 0) is 9.59 Å². The highest BCUT2D eigenvalue weighted by atomic mass is 16.2. The van der Waals surface area contributed by atoms with Crippen LogP contribution in [0, 0.1) is 17.2 Å². The summed E-state index contributed by atoms with van der Waals surface area (Å²) >= 11 is 0. The van der Waals surface area contributed by atoms with Crippen molar-refractivity contribution in [3.63, 3.8) is 0 Å². The average Bonchev–Trinajstić information content (AvgIpc) is 3.05. The SMILES string of the molecule is C[C@@H]1N[C@H](C(=O)N2CCC[C@H]2C#N)C[C@@H]1CC(=O)N(C)C. The van der Waals surface area contributed by atoms with E-state index in [1.54, 1.807) is 23.9 Å². The van der Waals surface area contributed by atoms with Crippen LogP contribution in [0.25, 0.3) is 0 Å². The predicted octanol–water partition coefficient (Wildman–Crippen LogP) is 0.346. The summed E-state index contributed by atoms with van der Waals surface area (Å²) in [7, 11) is 3.50. The molecule has 2 heterocycles. The quantitative estimate of drug-likeness (QED) is 0.814. The first-order valence-electron chi connectivity index (χ1n) is 7.60. The van der Waals surface area contributed by atoms with E-state index in [1.165, 1.54) is 0 Å². The first-order valence-corrected chi connectivity index (χ1v) is 7.60. The Kier molecular flexibility index (Phi) is 4.84. The molecular formula is C15H24N4O2. The Hall–Kier alpha value is -1.61. The normalized spacial score (nSPS) is 32.0. The van der Waals surface area contributed by atoms with Gasteiger partial charge in [-0.05, 0) is 32.1 Å². The van der Waals surface area contributed by atoms with Gasteiger partial charge in [-0.3, -0.25) is 9.59 Å². The third-order valence-corrected chi connectivity index (χ3v) is 4.63. The van der Waals surface area contributed by atoms with Gasteiger partial charge in [0.25, 0.3) is 0 Å². The van der Waals surface area contributed by atoms with E-state index in [-0.39, 0.29) is 35.9 Å². The molecule has 0 saturated carbocycles. The van der Waals surface area contributed by atoms with Crippen molar-refractivity contribution in [1.29, 1.82) is 5.26 Å². The van der Waals surface area contributed by atoms with Gasteiger partial charge in [0, 0.05) is 33.1 Å². The molecule has 2 amide bonds. The Morgan fingerprint density at radius 3 is 2.76 bits per heavy atom. The summed E-state index contributed by atoms with van der Waals surface area (Å²) in [6.45, 7) is 2.69. The summed E-state index contributed by atoms with van der Waals surface area (Å²) in [5.74, 6) is 0.292.